The molecule has 0 aliphatic rings. The Hall–Kier alpha value is -2.95. The number of carbonyl (C=O) groups excluding carboxylic acids is 1. The van der Waals surface area contributed by atoms with Crippen molar-refractivity contribution in [2.45, 2.75) is 0 Å². The number of para-hydroxylation sites is 1. The van der Waals surface area contributed by atoms with E-state index in [1.54, 1.807) is 18.2 Å². The van der Waals surface area contributed by atoms with E-state index in [1.807, 2.05) is 30.3 Å². The lowest BCUT2D eigenvalue weighted by molar-refractivity contribution is 0.0601. The summed E-state index contributed by atoms with van der Waals surface area (Å²) in [6, 6.07) is 14.8. The maximum Gasteiger partial charge on any atom is 0.337 e. The van der Waals surface area contributed by atoms with Gasteiger partial charge in [0.15, 0.2) is 0 Å². The first-order valence-electron chi connectivity index (χ1n) is 6.43. The van der Waals surface area contributed by atoms with Crippen LogP contribution >= 0.6 is 0 Å². The van der Waals surface area contributed by atoms with E-state index >= 15 is 0 Å². The Bertz CT molecular complexity index is 797. The van der Waals surface area contributed by atoms with Crippen molar-refractivity contribution in [3.05, 3.63) is 60.4 Å². The Labute approximate surface area is 121 Å². The van der Waals surface area contributed by atoms with Gasteiger partial charge in [-0.1, -0.05) is 18.2 Å². The van der Waals surface area contributed by atoms with Crippen LogP contribution in [0.5, 0.6) is 0 Å². The molecule has 0 aliphatic heterocycles. The molecule has 0 amide bonds. The van der Waals surface area contributed by atoms with Gasteiger partial charge in [0.1, 0.15) is 12.1 Å². The molecule has 5 nitrogen and oxygen atoms in total. The number of nitrogens with zero attached hydrogens (tertiary/aromatic N) is 2. The molecule has 1 heterocycles. The summed E-state index contributed by atoms with van der Waals surface area (Å²) >= 11 is 0. The number of hydrogen-bond donors (Lipinski definition) is 1. The molecule has 3 aromatic rings. The first kappa shape index (κ1) is 13.1. The highest BCUT2D eigenvalue weighted by molar-refractivity contribution is 5.93. The minimum Gasteiger partial charge on any atom is -0.465 e. The first-order chi connectivity index (χ1) is 10.3. The van der Waals surface area contributed by atoms with Gasteiger partial charge in [-0.25, -0.2) is 14.8 Å². The number of hydrogen-bond acceptors (Lipinski definition) is 5. The minimum atomic E-state index is -0.369. The summed E-state index contributed by atoms with van der Waals surface area (Å²) in [7, 11) is 1.36. The average molecular weight is 279 g/mol. The molecule has 1 aromatic heterocycles. The summed E-state index contributed by atoms with van der Waals surface area (Å²) in [5.41, 5.74) is 2.11. The Morgan fingerprint density at radius 2 is 1.95 bits per heavy atom. The van der Waals surface area contributed by atoms with Crippen LogP contribution in [0.15, 0.2) is 54.9 Å². The van der Waals surface area contributed by atoms with Crippen LogP contribution in [0.4, 0.5) is 11.5 Å². The number of methoxy groups -OCH3 is 1. The summed E-state index contributed by atoms with van der Waals surface area (Å²) in [6.07, 6.45) is 1.51. The van der Waals surface area contributed by atoms with Gasteiger partial charge in [-0.05, 0) is 30.3 Å². The third-order valence-corrected chi connectivity index (χ3v) is 3.09. The van der Waals surface area contributed by atoms with Crippen LogP contribution in [0.25, 0.3) is 10.9 Å². The van der Waals surface area contributed by atoms with E-state index < -0.39 is 0 Å². The summed E-state index contributed by atoms with van der Waals surface area (Å²) in [6.45, 7) is 0. The number of fused-ring (bicyclic) bond motifs is 1. The molecule has 0 radical (unpaired) electrons. The molecule has 0 saturated heterocycles. The third kappa shape index (κ3) is 2.67. The fourth-order valence-corrected chi connectivity index (χ4v) is 2.08. The maximum absolute atomic E-state index is 11.6. The highest BCUT2D eigenvalue weighted by Crippen LogP contribution is 2.23. The highest BCUT2D eigenvalue weighted by Gasteiger charge is 2.07. The molecule has 3 rings (SSSR count). The van der Waals surface area contributed by atoms with Crippen molar-refractivity contribution < 1.29 is 9.53 Å². The molecule has 2 aromatic carbocycles. The predicted octanol–water partition coefficient (Wildman–Crippen LogP) is 3.16. The largest absolute Gasteiger partial charge is 0.465 e. The van der Waals surface area contributed by atoms with Crippen LogP contribution in [0.3, 0.4) is 0 Å². The molecular weight excluding hydrogens is 266 g/mol. The number of anilines is 2. The monoisotopic (exact) mass is 279 g/mol. The van der Waals surface area contributed by atoms with Crippen molar-refractivity contribution in [1.82, 2.24) is 9.97 Å². The van der Waals surface area contributed by atoms with Crippen molar-refractivity contribution in [1.29, 1.82) is 0 Å². The fourth-order valence-electron chi connectivity index (χ4n) is 2.08. The van der Waals surface area contributed by atoms with E-state index in [-0.39, 0.29) is 5.97 Å². The van der Waals surface area contributed by atoms with Gasteiger partial charge < -0.3 is 10.1 Å². The van der Waals surface area contributed by atoms with E-state index in [1.165, 1.54) is 13.4 Å². The van der Waals surface area contributed by atoms with E-state index in [0.717, 1.165) is 16.6 Å². The number of carbonyl (C=O) groups is 1. The zero-order chi connectivity index (χ0) is 14.7. The lowest BCUT2D eigenvalue weighted by Gasteiger charge is -2.09. The Kier molecular flexibility index (Phi) is 3.47. The van der Waals surface area contributed by atoms with Gasteiger partial charge in [-0.15, -0.1) is 0 Å². The lowest BCUT2D eigenvalue weighted by Crippen LogP contribution is -2.02. The summed E-state index contributed by atoms with van der Waals surface area (Å²) in [4.78, 5) is 20.0. The number of ether oxygens (including phenoxy) is 1. The highest BCUT2D eigenvalue weighted by atomic mass is 16.5. The smallest absolute Gasteiger partial charge is 0.337 e. The van der Waals surface area contributed by atoms with E-state index in [2.05, 4.69) is 15.3 Å². The second-order valence-corrected chi connectivity index (χ2v) is 4.44. The predicted molar refractivity (Wildman–Crippen MR) is 80.6 cm³/mol. The average Bonchev–Trinajstić information content (AvgIpc) is 2.55. The molecule has 0 unspecified atom stereocenters. The minimum absolute atomic E-state index is 0.369. The van der Waals surface area contributed by atoms with Gasteiger partial charge in [-0.2, -0.15) is 0 Å². The Morgan fingerprint density at radius 3 is 2.81 bits per heavy atom. The molecule has 21 heavy (non-hydrogen) atoms. The number of benzene rings is 2. The van der Waals surface area contributed by atoms with Gasteiger partial charge in [0.25, 0.3) is 0 Å². The molecule has 0 atom stereocenters. The van der Waals surface area contributed by atoms with Gasteiger partial charge in [0.05, 0.1) is 18.2 Å². The Morgan fingerprint density at radius 1 is 1.10 bits per heavy atom. The number of esters is 1. The standard InChI is InChI=1S/C16H13N3O2/c1-21-16(20)11-5-4-6-12(9-11)19-15-13-7-2-3-8-14(13)17-10-18-15/h2-10H,1H3,(H,17,18,19). The van der Waals surface area contributed by atoms with Crippen molar-refractivity contribution in [2.24, 2.45) is 0 Å². The van der Waals surface area contributed by atoms with Crippen molar-refractivity contribution in [3.8, 4) is 0 Å². The summed E-state index contributed by atoms with van der Waals surface area (Å²) in [5, 5.41) is 4.13. The van der Waals surface area contributed by atoms with Crippen LogP contribution in [0.2, 0.25) is 0 Å². The second-order valence-electron chi connectivity index (χ2n) is 4.44. The lowest BCUT2D eigenvalue weighted by atomic mass is 10.2. The van der Waals surface area contributed by atoms with E-state index in [4.69, 9.17) is 4.74 Å². The zero-order valence-electron chi connectivity index (χ0n) is 11.4. The normalized spacial score (nSPS) is 10.3. The van der Waals surface area contributed by atoms with Gasteiger partial charge >= 0.3 is 5.97 Å². The van der Waals surface area contributed by atoms with Crippen LogP contribution < -0.4 is 5.32 Å². The molecule has 1 N–H and O–H groups in total. The quantitative estimate of drug-likeness (QED) is 0.746. The van der Waals surface area contributed by atoms with Gasteiger partial charge in [0, 0.05) is 11.1 Å². The third-order valence-electron chi connectivity index (χ3n) is 3.09. The zero-order valence-corrected chi connectivity index (χ0v) is 11.4. The van der Waals surface area contributed by atoms with Crippen molar-refractivity contribution >= 4 is 28.4 Å². The molecular formula is C16H13N3O2. The number of rotatable bonds is 3. The van der Waals surface area contributed by atoms with Crippen LogP contribution in [0, 0.1) is 0 Å². The molecule has 0 saturated carbocycles. The molecule has 0 spiro atoms. The molecule has 0 bridgehead atoms. The topological polar surface area (TPSA) is 64.1 Å². The van der Waals surface area contributed by atoms with Crippen LogP contribution in [0.1, 0.15) is 10.4 Å². The summed E-state index contributed by atoms with van der Waals surface area (Å²) < 4.78 is 4.72. The van der Waals surface area contributed by atoms with E-state index in [9.17, 15) is 4.79 Å². The number of nitrogens with one attached hydrogen (secondary N) is 1. The molecule has 5 heteroatoms. The second kappa shape index (κ2) is 5.58. The van der Waals surface area contributed by atoms with Crippen LogP contribution in [-0.4, -0.2) is 23.0 Å². The maximum atomic E-state index is 11.6. The van der Waals surface area contributed by atoms with Gasteiger partial charge in [-0.3, -0.25) is 0 Å². The molecule has 0 aliphatic carbocycles. The van der Waals surface area contributed by atoms with E-state index in [0.29, 0.717) is 11.4 Å². The summed E-state index contributed by atoms with van der Waals surface area (Å²) in [5.74, 6) is 0.328. The number of aromatic nitrogens is 2. The Balaban J connectivity index is 1.97. The van der Waals surface area contributed by atoms with Gasteiger partial charge in [0.2, 0.25) is 0 Å². The van der Waals surface area contributed by atoms with Crippen LogP contribution in [-0.2, 0) is 4.74 Å². The first-order valence-corrected chi connectivity index (χ1v) is 6.43. The fraction of sp³-hybridized carbons (Fsp3) is 0.0625. The SMILES string of the molecule is COC(=O)c1cccc(Nc2ncnc3ccccc23)c1. The van der Waals surface area contributed by atoms with Crippen molar-refractivity contribution in [2.75, 3.05) is 12.4 Å². The molecule has 104 valence electrons. The van der Waals surface area contributed by atoms with Crippen molar-refractivity contribution in [3.63, 3.8) is 0 Å². The molecule has 0 fully saturated rings.